The van der Waals surface area contributed by atoms with E-state index in [2.05, 4.69) is 92.6 Å². The SMILES string of the molecule is COc1cccc(OC)c1-c1cccc2c1[P@@](C(C)(C)C)[C@H](Cc1c(C(C)C)cc(C(C)C)cc1C(C)C)O2. The van der Waals surface area contributed by atoms with Gasteiger partial charge in [0, 0.05) is 17.3 Å². The van der Waals surface area contributed by atoms with Gasteiger partial charge in [0.2, 0.25) is 0 Å². The Morgan fingerprint density at radius 3 is 1.79 bits per heavy atom. The summed E-state index contributed by atoms with van der Waals surface area (Å²) >= 11 is 0. The van der Waals surface area contributed by atoms with Gasteiger partial charge in [-0.1, -0.05) is 92.6 Å². The van der Waals surface area contributed by atoms with Crippen molar-refractivity contribution in [2.75, 3.05) is 14.2 Å². The van der Waals surface area contributed by atoms with Gasteiger partial charge in [-0.2, -0.15) is 0 Å². The van der Waals surface area contributed by atoms with Crippen molar-refractivity contribution in [1.82, 2.24) is 0 Å². The third-order valence-electron chi connectivity index (χ3n) is 7.84. The van der Waals surface area contributed by atoms with Crippen molar-refractivity contribution < 1.29 is 14.2 Å². The normalized spacial score (nSPS) is 17.1. The Balaban J connectivity index is 1.90. The molecule has 1 aliphatic rings. The van der Waals surface area contributed by atoms with E-state index in [0.717, 1.165) is 34.8 Å². The maximum atomic E-state index is 6.95. The number of methoxy groups -OCH3 is 2. The Labute approximate surface area is 238 Å². The highest BCUT2D eigenvalue weighted by Crippen LogP contribution is 2.61. The van der Waals surface area contributed by atoms with Gasteiger partial charge < -0.3 is 14.2 Å². The summed E-state index contributed by atoms with van der Waals surface area (Å²) in [6, 6.07) is 17.4. The van der Waals surface area contributed by atoms with Crippen molar-refractivity contribution in [3.63, 3.8) is 0 Å². The molecule has 1 heterocycles. The summed E-state index contributed by atoms with van der Waals surface area (Å²) in [5.74, 6) is 4.15. The minimum absolute atomic E-state index is 0.0461. The average Bonchev–Trinajstić information content (AvgIpc) is 3.26. The summed E-state index contributed by atoms with van der Waals surface area (Å²) < 4.78 is 18.6. The zero-order valence-corrected chi connectivity index (χ0v) is 26.7. The summed E-state index contributed by atoms with van der Waals surface area (Å²) in [6.07, 6.45) is 0.916. The molecule has 0 aromatic heterocycles. The Kier molecular flexibility index (Phi) is 8.72. The molecule has 0 fully saturated rings. The highest BCUT2D eigenvalue weighted by Gasteiger charge is 2.44. The Morgan fingerprint density at radius 1 is 0.795 bits per heavy atom. The van der Waals surface area contributed by atoms with Gasteiger partial charge in [-0.15, -0.1) is 0 Å². The van der Waals surface area contributed by atoms with Gasteiger partial charge in [0.05, 0.1) is 19.8 Å². The summed E-state index contributed by atoms with van der Waals surface area (Å²) in [4.78, 5) is 0. The van der Waals surface area contributed by atoms with Crippen molar-refractivity contribution in [2.45, 2.75) is 97.5 Å². The largest absolute Gasteiger partial charge is 0.496 e. The lowest BCUT2D eigenvalue weighted by atomic mass is 9.83. The van der Waals surface area contributed by atoms with Gasteiger partial charge in [0.25, 0.3) is 0 Å². The van der Waals surface area contributed by atoms with Crippen LogP contribution in [0.15, 0.2) is 48.5 Å². The topological polar surface area (TPSA) is 27.7 Å². The van der Waals surface area contributed by atoms with E-state index < -0.39 is 7.92 Å². The first-order valence-corrected chi connectivity index (χ1v) is 15.8. The van der Waals surface area contributed by atoms with Crippen LogP contribution in [0.2, 0.25) is 0 Å². The number of fused-ring (bicyclic) bond motifs is 1. The summed E-state index contributed by atoms with van der Waals surface area (Å²) in [5.41, 5.74) is 8.03. The lowest BCUT2D eigenvalue weighted by molar-refractivity contribution is 0.292. The van der Waals surface area contributed by atoms with Crippen LogP contribution in [0.5, 0.6) is 17.2 Å². The zero-order chi connectivity index (χ0) is 28.6. The first-order chi connectivity index (χ1) is 18.4. The summed E-state index contributed by atoms with van der Waals surface area (Å²) in [7, 11) is 2.78. The van der Waals surface area contributed by atoms with E-state index in [0.29, 0.717) is 17.8 Å². The zero-order valence-electron chi connectivity index (χ0n) is 25.8. The molecular weight excluding hydrogens is 499 g/mol. The molecule has 0 saturated carbocycles. The Morgan fingerprint density at radius 2 is 1.33 bits per heavy atom. The second kappa shape index (κ2) is 11.5. The van der Waals surface area contributed by atoms with Crippen LogP contribution in [0.3, 0.4) is 0 Å². The lowest BCUT2D eigenvalue weighted by Crippen LogP contribution is -2.27. The van der Waals surface area contributed by atoms with Gasteiger partial charge >= 0.3 is 0 Å². The van der Waals surface area contributed by atoms with E-state index in [1.165, 1.54) is 27.6 Å². The predicted molar refractivity (Wildman–Crippen MR) is 168 cm³/mol. The molecule has 4 rings (SSSR count). The molecule has 3 aromatic carbocycles. The molecular formula is C35H47O3P. The average molecular weight is 547 g/mol. The minimum atomic E-state index is -0.685. The summed E-state index contributed by atoms with van der Waals surface area (Å²) in [6.45, 7) is 21.0. The molecule has 0 amide bonds. The molecule has 0 radical (unpaired) electrons. The van der Waals surface area contributed by atoms with Crippen LogP contribution in [0, 0.1) is 0 Å². The standard InChI is InChI=1S/C35H47O3P/c1-21(2)24-18-26(22(3)4)28(27(19-24)23(5)6)20-32-38-31-17-12-14-25(34(31)39(32)35(7,8)9)33-29(36-10)15-13-16-30(33)37-11/h12-19,21-23,32H,20H2,1-11H3/t32-,39+/m1/s1. The molecule has 0 unspecified atom stereocenters. The Bertz CT molecular complexity index is 1260. The van der Waals surface area contributed by atoms with Crippen LogP contribution >= 0.6 is 7.92 Å². The first kappa shape index (κ1) is 29.5. The molecule has 0 aliphatic carbocycles. The van der Waals surface area contributed by atoms with Crippen LogP contribution < -0.4 is 19.5 Å². The Hall–Kier alpha value is -2.51. The smallest absolute Gasteiger partial charge is 0.130 e. The van der Waals surface area contributed by atoms with Crippen LogP contribution in [0.25, 0.3) is 11.1 Å². The van der Waals surface area contributed by atoms with Gasteiger partial charge in [-0.25, -0.2) is 0 Å². The quantitative estimate of drug-likeness (QED) is 0.263. The number of hydrogen-bond donors (Lipinski definition) is 0. The van der Waals surface area contributed by atoms with Crippen molar-refractivity contribution in [2.24, 2.45) is 0 Å². The summed E-state index contributed by atoms with van der Waals surface area (Å²) in [5, 5.41) is 1.37. The van der Waals surface area contributed by atoms with Crippen LogP contribution in [0.4, 0.5) is 0 Å². The van der Waals surface area contributed by atoms with Crippen LogP contribution in [0.1, 0.15) is 102 Å². The van der Waals surface area contributed by atoms with E-state index in [9.17, 15) is 0 Å². The van der Waals surface area contributed by atoms with Crippen LogP contribution in [-0.4, -0.2) is 25.2 Å². The van der Waals surface area contributed by atoms with Crippen molar-refractivity contribution >= 4 is 13.2 Å². The fraction of sp³-hybridized carbons (Fsp3) is 0.486. The minimum Gasteiger partial charge on any atom is -0.496 e. The van der Waals surface area contributed by atoms with Crippen molar-refractivity contribution in [3.05, 3.63) is 70.8 Å². The molecule has 0 spiro atoms. The fourth-order valence-electron chi connectivity index (χ4n) is 5.94. The molecule has 0 N–H and O–H groups in total. The molecule has 39 heavy (non-hydrogen) atoms. The number of ether oxygens (including phenoxy) is 3. The lowest BCUT2D eigenvalue weighted by Gasteiger charge is -2.34. The van der Waals surface area contributed by atoms with E-state index in [4.69, 9.17) is 14.2 Å². The van der Waals surface area contributed by atoms with Crippen molar-refractivity contribution in [1.29, 1.82) is 0 Å². The molecule has 3 aromatic rings. The molecule has 3 nitrogen and oxygen atoms in total. The third kappa shape index (κ3) is 5.71. The number of rotatable bonds is 8. The van der Waals surface area contributed by atoms with E-state index in [1.807, 2.05) is 18.2 Å². The fourth-order valence-corrected chi connectivity index (χ4v) is 9.16. The molecule has 4 heteroatoms. The van der Waals surface area contributed by atoms with E-state index >= 15 is 0 Å². The van der Waals surface area contributed by atoms with Crippen LogP contribution in [-0.2, 0) is 6.42 Å². The highest BCUT2D eigenvalue weighted by atomic mass is 31.1. The van der Waals surface area contributed by atoms with Gasteiger partial charge in [-0.3, -0.25) is 0 Å². The van der Waals surface area contributed by atoms with E-state index in [1.54, 1.807) is 14.2 Å². The first-order valence-electron chi connectivity index (χ1n) is 14.4. The molecule has 1 aliphatic heterocycles. The predicted octanol–water partition coefficient (Wildman–Crippen LogP) is 9.61. The number of hydrogen-bond acceptors (Lipinski definition) is 3. The van der Waals surface area contributed by atoms with Gasteiger partial charge in [0.15, 0.2) is 0 Å². The van der Waals surface area contributed by atoms with Gasteiger partial charge in [0.1, 0.15) is 23.1 Å². The molecule has 210 valence electrons. The van der Waals surface area contributed by atoms with Crippen molar-refractivity contribution in [3.8, 4) is 28.4 Å². The maximum absolute atomic E-state index is 6.95. The van der Waals surface area contributed by atoms with E-state index in [-0.39, 0.29) is 11.0 Å². The van der Waals surface area contributed by atoms with Gasteiger partial charge in [-0.05, 0) is 71.3 Å². The highest BCUT2D eigenvalue weighted by molar-refractivity contribution is 7.68. The number of benzene rings is 3. The third-order valence-corrected chi connectivity index (χ3v) is 11.1. The second-order valence-electron chi connectivity index (χ2n) is 12.6. The monoisotopic (exact) mass is 546 g/mol. The molecule has 0 bridgehead atoms. The second-order valence-corrected chi connectivity index (χ2v) is 15.8. The maximum Gasteiger partial charge on any atom is 0.130 e. The molecule has 2 atom stereocenters. The molecule has 0 saturated heterocycles.